The highest BCUT2D eigenvalue weighted by Crippen LogP contribution is 2.18. The highest BCUT2D eigenvalue weighted by molar-refractivity contribution is 6.30. The van der Waals surface area contributed by atoms with Crippen molar-refractivity contribution in [2.24, 2.45) is 0 Å². The van der Waals surface area contributed by atoms with E-state index in [0.29, 0.717) is 21.4 Å². The third-order valence-electron chi connectivity index (χ3n) is 2.71. The van der Waals surface area contributed by atoms with Gasteiger partial charge in [0.15, 0.2) is 0 Å². The first-order valence-electron chi connectivity index (χ1n) is 6.69. The first-order valence-corrected chi connectivity index (χ1v) is 7.44. The number of hydrogen-bond donors (Lipinski definition) is 2. The second kappa shape index (κ2) is 8.81. The highest BCUT2D eigenvalue weighted by atomic mass is 35.5. The van der Waals surface area contributed by atoms with Crippen molar-refractivity contribution in [3.05, 3.63) is 58.1 Å². The Morgan fingerprint density at radius 2 is 1.04 bits per heavy atom. The summed E-state index contributed by atoms with van der Waals surface area (Å²) in [6.07, 6.45) is 3.05. The number of hydrogen-bond acceptors (Lipinski definition) is 4. The van der Waals surface area contributed by atoms with E-state index in [-0.39, 0.29) is 12.4 Å². The Hall–Kier alpha value is -0.910. The highest BCUT2D eigenvalue weighted by Gasteiger charge is 2.17. The summed E-state index contributed by atoms with van der Waals surface area (Å²) < 4.78 is 0. The van der Waals surface area contributed by atoms with E-state index in [9.17, 15) is 10.2 Å². The summed E-state index contributed by atoms with van der Waals surface area (Å²) in [6, 6.07) is 6.84. The van der Waals surface area contributed by atoms with Crippen molar-refractivity contribution in [1.29, 1.82) is 0 Å². The Morgan fingerprint density at radius 3 is 1.22 bits per heavy atom. The van der Waals surface area contributed by atoms with Crippen LogP contribution in [0.5, 0.6) is 0 Å². The van der Waals surface area contributed by atoms with Crippen LogP contribution in [0.2, 0.25) is 10.0 Å². The number of halogens is 3. The molecule has 0 saturated heterocycles. The molecular formula is C16H21Cl3N2O2. The zero-order valence-electron chi connectivity index (χ0n) is 13.4. The molecule has 0 aliphatic rings. The van der Waals surface area contributed by atoms with Crippen molar-refractivity contribution in [3.63, 3.8) is 0 Å². The Balaban J connectivity index is 0.000000403. The average Bonchev–Trinajstić information content (AvgIpc) is 2.38. The predicted octanol–water partition coefficient (Wildman–Crippen LogP) is 4.35. The normalized spacial score (nSPS) is 11.1. The van der Waals surface area contributed by atoms with Crippen molar-refractivity contribution in [3.8, 4) is 0 Å². The number of nitrogens with zero attached hydrogens (tertiary/aromatic N) is 2. The minimum Gasteiger partial charge on any atom is -0.384 e. The van der Waals surface area contributed by atoms with E-state index in [0.717, 1.165) is 0 Å². The van der Waals surface area contributed by atoms with E-state index in [4.69, 9.17) is 23.2 Å². The molecule has 2 aromatic heterocycles. The van der Waals surface area contributed by atoms with Gasteiger partial charge >= 0.3 is 0 Å². The SMILES string of the molecule is CC(C)(O)c1ccc(Cl)cn1.CC(C)(O)c1ccc(Cl)cn1.Cl. The Bertz CT molecular complexity index is 533. The van der Waals surface area contributed by atoms with Gasteiger partial charge < -0.3 is 10.2 Å². The molecule has 0 amide bonds. The monoisotopic (exact) mass is 378 g/mol. The molecule has 0 aliphatic carbocycles. The van der Waals surface area contributed by atoms with Gasteiger partial charge in [-0.25, -0.2) is 0 Å². The van der Waals surface area contributed by atoms with Crippen molar-refractivity contribution in [2.45, 2.75) is 38.9 Å². The van der Waals surface area contributed by atoms with E-state index in [1.54, 1.807) is 52.0 Å². The van der Waals surface area contributed by atoms with Gasteiger partial charge in [-0.05, 0) is 52.0 Å². The summed E-state index contributed by atoms with van der Waals surface area (Å²) in [6.45, 7) is 6.74. The largest absolute Gasteiger partial charge is 0.384 e. The third kappa shape index (κ3) is 7.95. The topological polar surface area (TPSA) is 66.2 Å². The van der Waals surface area contributed by atoms with Gasteiger partial charge in [-0.2, -0.15) is 0 Å². The van der Waals surface area contributed by atoms with Crippen molar-refractivity contribution in [2.75, 3.05) is 0 Å². The van der Waals surface area contributed by atoms with Crippen molar-refractivity contribution >= 4 is 35.6 Å². The molecule has 7 heteroatoms. The second-order valence-corrected chi connectivity index (χ2v) is 6.71. The van der Waals surface area contributed by atoms with Gasteiger partial charge in [0.2, 0.25) is 0 Å². The molecule has 0 atom stereocenters. The summed E-state index contributed by atoms with van der Waals surface area (Å²) in [5, 5.41) is 20.1. The molecule has 2 N–H and O–H groups in total. The van der Waals surface area contributed by atoms with Gasteiger partial charge in [-0.1, -0.05) is 23.2 Å². The number of rotatable bonds is 2. The summed E-state index contributed by atoms with van der Waals surface area (Å²) in [4.78, 5) is 7.94. The van der Waals surface area contributed by atoms with Gasteiger partial charge in [0.25, 0.3) is 0 Å². The predicted molar refractivity (Wildman–Crippen MR) is 96.2 cm³/mol. The van der Waals surface area contributed by atoms with Crippen LogP contribution < -0.4 is 0 Å². The van der Waals surface area contributed by atoms with Crippen LogP contribution in [0.15, 0.2) is 36.7 Å². The van der Waals surface area contributed by atoms with E-state index < -0.39 is 11.2 Å². The van der Waals surface area contributed by atoms with Gasteiger partial charge in [-0.3, -0.25) is 9.97 Å². The lowest BCUT2D eigenvalue weighted by molar-refractivity contribution is 0.0733. The zero-order chi connectivity index (χ0) is 17.0. The maximum absolute atomic E-state index is 9.47. The summed E-state index contributed by atoms with van der Waals surface area (Å²) in [5.41, 5.74) is -0.515. The molecule has 4 nitrogen and oxygen atoms in total. The molecule has 128 valence electrons. The number of aliphatic hydroxyl groups is 2. The summed E-state index contributed by atoms with van der Waals surface area (Å²) in [7, 11) is 0. The standard InChI is InChI=1S/2C8H10ClNO.ClH/c2*1-8(2,11)7-4-3-6(9)5-10-7;/h2*3-5,11H,1-2H3;1H. The summed E-state index contributed by atoms with van der Waals surface area (Å²) >= 11 is 11.2. The Labute approximate surface area is 152 Å². The quantitative estimate of drug-likeness (QED) is 0.814. The molecule has 0 aliphatic heterocycles. The maximum atomic E-state index is 9.47. The fourth-order valence-electron chi connectivity index (χ4n) is 1.48. The van der Waals surface area contributed by atoms with Gasteiger partial charge in [-0.15, -0.1) is 12.4 Å². The summed E-state index contributed by atoms with van der Waals surface area (Å²) in [5.74, 6) is 0. The number of aromatic nitrogens is 2. The molecule has 2 rings (SSSR count). The maximum Gasteiger partial charge on any atom is 0.101 e. The first-order chi connectivity index (χ1) is 10.00. The van der Waals surface area contributed by atoms with Crippen LogP contribution in [-0.2, 0) is 11.2 Å². The van der Waals surface area contributed by atoms with E-state index in [1.807, 2.05) is 0 Å². The van der Waals surface area contributed by atoms with Crippen LogP contribution in [0.3, 0.4) is 0 Å². The van der Waals surface area contributed by atoms with Crippen LogP contribution in [0, 0.1) is 0 Å². The zero-order valence-corrected chi connectivity index (χ0v) is 15.7. The van der Waals surface area contributed by atoms with E-state index >= 15 is 0 Å². The van der Waals surface area contributed by atoms with E-state index in [1.165, 1.54) is 12.4 Å². The molecule has 0 radical (unpaired) electrons. The lowest BCUT2D eigenvalue weighted by Gasteiger charge is -2.15. The Morgan fingerprint density at radius 1 is 0.739 bits per heavy atom. The molecule has 0 aromatic carbocycles. The van der Waals surface area contributed by atoms with Crippen LogP contribution in [0.4, 0.5) is 0 Å². The molecule has 0 saturated carbocycles. The minimum absolute atomic E-state index is 0. The first kappa shape index (κ1) is 22.1. The molecular weight excluding hydrogens is 359 g/mol. The fraction of sp³-hybridized carbons (Fsp3) is 0.375. The van der Waals surface area contributed by atoms with Crippen LogP contribution in [0.25, 0.3) is 0 Å². The van der Waals surface area contributed by atoms with Gasteiger partial charge in [0, 0.05) is 12.4 Å². The van der Waals surface area contributed by atoms with Crippen molar-refractivity contribution in [1.82, 2.24) is 9.97 Å². The van der Waals surface area contributed by atoms with Crippen LogP contribution in [0.1, 0.15) is 39.1 Å². The molecule has 0 spiro atoms. The van der Waals surface area contributed by atoms with Gasteiger partial charge in [0.1, 0.15) is 11.2 Å². The molecule has 0 fully saturated rings. The van der Waals surface area contributed by atoms with Gasteiger partial charge in [0.05, 0.1) is 21.4 Å². The van der Waals surface area contributed by atoms with E-state index in [2.05, 4.69) is 9.97 Å². The fourth-order valence-corrected chi connectivity index (χ4v) is 1.70. The van der Waals surface area contributed by atoms with Crippen LogP contribution in [-0.4, -0.2) is 20.2 Å². The Kier molecular flexibility index (Phi) is 8.46. The third-order valence-corrected chi connectivity index (χ3v) is 3.16. The molecule has 0 bridgehead atoms. The van der Waals surface area contributed by atoms with Crippen LogP contribution >= 0.6 is 35.6 Å². The smallest absolute Gasteiger partial charge is 0.101 e. The molecule has 2 heterocycles. The number of pyridine rings is 2. The second-order valence-electron chi connectivity index (χ2n) is 5.84. The lowest BCUT2D eigenvalue weighted by Crippen LogP contribution is -2.16. The average molecular weight is 380 g/mol. The minimum atomic E-state index is -0.884. The molecule has 2 aromatic rings. The lowest BCUT2D eigenvalue weighted by atomic mass is 10.1. The molecule has 23 heavy (non-hydrogen) atoms. The molecule has 0 unspecified atom stereocenters. The van der Waals surface area contributed by atoms with Crippen molar-refractivity contribution < 1.29 is 10.2 Å².